The third-order valence-electron chi connectivity index (χ3n) is 5.34. The number of nitrogens with one attached hydrogen (secondary N) is 1. The van der Waals surface area contributed by atoms with Crippen molar-refractivity contribution < 1.29 is 17.9 Å². The van der Waals surface area contributed by atoms with Crippen molar-refractivity contribution in [2.45, 2.75) is 38.2 Å². The van der Waals surface area contributed by atoms with E-state index >= 15 is 0 Å². The van der Waals surface area contributed by atoms with Gasteiger partial charge in [-0.3, -0.25) is 9.48 Å². The molecule has 0 radical (unpaired) electrons. The minimum Gasteiger partial charge on any atom is -0.376 e. The van der Waals surface area contributed by atoms with Crippen molar-refractivity contribution in [2.75, 3.05) is 26.2 Å². The smallest absolute Gasteiger partial charge is 0.274 e. The Morgan fingerprint density at radius 2 is 1.93 bits per heavy atom. The number of hydrogen-bond donors (Lipinski definition) is 1. The number of carbonyl (C=O) groups is 1. The van der Waals surface area contributed by atoms with Crippen LogP contribution in [0.4, 0.5) is 0 Å². The lowest BCUT2D eigenvalue weighted by Gasteiger charge is -2.17. The summed E-state index contributed by atoms with van der Waals surface area (Å²) in [6.45, 7) is 3.09. The van der Waals surface area contributed by atoms with E-state index in [1.807, 2.05) is 23.1 Å². The average molecular weight is 419 g/mol. The van der Waals surface area contributed by atoms with Gasteiger partial charge in [0.1, 0.15) is 0 Å². The van der Waals surface area contributed by atoms with Gasteiger partial charge in [-0.15, -0.1) is 0 Å². The van der Waals surface area contributed by atoms with E-state index in [9.17, 15) is 13.2 Å². The van der Waals surface area contributed by atoms with E-state index in [2.05, 4.69) is 9.82 Å². The Kier molecular flexibility index (Phi) is 5.98. The predicted molar refractivity (Wildman–Crippen MR) is 108 cm³/mol. The van der Waals surface area contributed by atoms with Gasteiger partial charge in [-0.25, -0.2) is 13.1 Å². The number of carbonyl (C=O) groups excluding carboxylic acids is 1. The molecule has 9 heteroatoms. The number of benzene rings is 1. The second kappa shape index (κ2) is 8.64. The number of sulfonamides is 1. The molecule has 8 nitrogen and oxygen atoms in total. The lowest BCUT2D eigenvalue weighted by Crippen LogP contribution is -2.30. The van der Waals surface area contributed by atoms with E-state index in [4.69, 9.17) is 4.74 Å². The zero-order valence-electron chi connectivity index (χ0n) is 16.3. The summed E-state index contributed by atoms with van der Waals surface area (Å²) in [5.41, 5.74) is 3.02. The van der Waals surface area contributed by atoms with Gasteiger partial charge in [0.05, 0.1) is 25.5 Å². The molecule has 0 atom stereocenters. The number of amides is 1. The number of aromatic nitrogens is 2. The van der Waals surface area contributed by atoms with Gasteiger partial charge in [0, 0.05) is 37.3 Å². The van der Waals surface area contributed by atoms with Gasteiger partial charge in [0.15, 0.2) is 5.69 Å². The van der Waals surface area contributed by atoms with Crippen LogP contribution in [0.5, 0.6) is 0 Å². The molecule has 2 aromatic rings. The molecule has 0 bridgehead atoms. The fourth-order valence-electron chi connectivity index (χ4n) is 3.89. The minimum atomic E-state index is -3.44. The Morgan fingerprint density at radius 1 is 1.17 bits per heavy atom. The summed E-state index contributed by atoms with van der Waals surface area (Å²) in [5.74, 6) is -0.106. The molecule has 29 heavy (non-hydrogen) atoms. The van der Waals surface area contributed by atoms with Crippen molar-refractivity contribution in [3.8, 4) is 0 Å². The van der Waals surface area contributed by atoms with Gasteiger partial charge in [-0.2, -0.15) is 5.10 Å². The van der Waals surface area contributed by atoms with Crippen LogP contribution in [0.2, 0.25) is 0 Å². The zero-order chi connectivity index (χ0) is 20.3. The van der Waals surface area contributed by atoms with Crippen molar-refractivity contribution in [1.82, 2.24) is 19.4 Å². The highest BCUT2D eigenvalue weighted by atomic mass is 32.2. The molecule has 0 aliphatic carbocycles. The van der Waals surface area contributed by atoms with Gasteiger partial charge in [-0.1, -0.05) is 30.3 Å². The van der Waals surface area contributed by atoms with Crippen LogP contribution in [0.1, 0.15) is 40.2 Å². The predicted octanol–water partition coefficient (Wildman–Crippen LogP) is 1.31. The first-order valence-electron chi connectivity index (χ1n) is 10.0. The number of likely N-dealkylation sites (tertiary alicyclic amines) is 1. The van der Waals surface area contributed by atoms with E-state index in [1.165, 1.54) is 0 Å². The zero-order valence-corrected chi connectivity index (χ0v) is 17.2. The number of ether oxygens (including phenoxy) is 1. The largest absolute Gasteiger partial charge is 0.376 e. The van der Waals surface area contributed by atoms with Gasteiger partial charge < -0.3 is 9.64 Å². The Balaban J connectivity index is 1.44. The summed E-state index contributed by atoms with van der Waals surface area (Å²) in [6, 6.07) is 9.08. The first-order valence-corrected chi connectivity index (χ1v) is 11.7. The molecule has 1 saturated heterocycles. The summed E-state index contributed by atoms with van der Waals surface area (Å²) in [7, 11) is -3.44. The van der Waals surface area contributed by atoms with Crippen molar-refractivity contribution in [2.24, 2.45) is 0 Å². The molecule has 1 aromatic carbocycles. The minimum absolute atomic E-state index is 0.0485. The Bertz CT molecular complexity index is 966. The van der Waals surface area contributed by atoms with Gasteiger partial charge >= 0.3 is 0 Å². The molecule has 1 amide bonds. The third kappa shape index (κ3) is 4.68. The number of rotatable bonds is 7. The lowest BCUT2D eigenvalue weighted by molar-refractivity contribution is 0.0772. The molecule has 0 spiro atoms. The van der Waals surface area contributed by atoms with Crippen LogP contribution in [0.25, 0.3) is 0 Å². The first-order chi connectivity index (χ1) is 14.0. The second-order valence-electron chi connectivity index (χ2n) is 7.44. The number of hydrogen-bond acceptors (Lipinski definition) is 5. The molecule has 4 rings (SSSR count). The molecule has 1 fully saturated rings. The highest BCUT2D eigenvalue weighted by molar-refractivity contribution is 7.88. The van der Waals surface area contributed by atoms with Crippen LogP contribution >= 0.6 is 0 Å². The fourth-order valence-corrected chi connectivity index (χ4v) is 5.02. The van der Waals surface area contributed by atoms with E-state index < -0.39 is 10.0 Å². The maximum absolute atomic E-state index is 12.9. The maximum Gasteiger partial charge on any atom is 0.274 e. The SMILES string of the molecule is O=C(c1nn(CCNS(=O)(=O)Cc2ccccc2)c2c1COCC2)N1CCCC1. The van der Waals surface area contributed by atoms with E-state index in [1.54, 1.807) is 16.8 Å². The Hall–Kier alpha value is -2.23. The molecular weight excluding hydrogens is 392 g/mol. The van der Waals surface area contributed by atoms with Crippen LogP contribution in [-0.2, 0) is 40.1 Å². The summed E-state index contributed by atoms with van der Waals surface area (Å²) in [4.78, 5) is 14.7. The first kappa shape index (κ1) is 20.1. The van der Waals surface area contributed by atoms with E-state index in [-0.39, 0.29) is 18.2 Å². The normalized spacial score (nSPS) is 16.8. The Morgan fingerprint density at radius 3 is 2.69 bits per heavy atom. The molecule has 1 N–H and O–H groups in total. The van der Waals surface area contributed by atoms with Crippen LogP contribution in [-0.4, -0.2) is 55.2 Å². The van der Waals surface area contributed by atoms with Gasteiger partial charge in [0.2, 0.25) is 10.0 Å². The van der Waals surface area contributed by atoms with Crippen molar-refractivity contribution in [1.29, 1.82) is 0 Å². The summed E-state index contributed by atoms with van der Waals surface area (Å²) < 4.78 is 34.7. The molecular formula is C20H26N4O4S. The lowest BCUT2D eigenvalue weighted by atomic mass is 10.1. The maximum atomic E-state index is 12.9. The summed E-state index contributed by atoms with van der Waals surface area (Å²) in [6.07, 6.45) is 2.72. The van der Waals surface area contributed by atoms with E-state index in [0.29, 0.717) is 31.9 Å². The van der Waals surface area contributed by atoms with Crippen molar-refractivity contribution >= 4 is 15.9 Å². The highest BCUT2D eigenvalue weighted by Crippen LogP contribution is 2.23. The average Bonchev–Trinajstić information content (AvgIpc) is 3.37. The molecule has 3 heterocycles. The van der Waals surface area contributed by atoms with Crippen LogP contribution < -0.4 is 4.72 Å². The monoisotopic (exact) mass is 418 g/mol. The van der Waals surface area contributed by atoms with Gasteiger partial charge in [0.25, 0.3) is 5.91 Å². The fraction of sp³-hybridized carbons (Fsp3) is 0.500. The molecule has 156 valence electrons. The van der Waals surface area contributed by atoms with Crippen LogP contribution in [0.15, 0.2) is 30.3 Å². The quantitative estimate of drug-likeness (QED) is 0.732. The second-order valence-corrected chi connectivity index (χ2v) is 9.24. The number of nitrogens with zero attached hydrogens (tertiary/aromatic N) is 3. The Labute approximate surface area is 170 Å². The van der Waals surface area contributed by atoms with Crippen LogP contribution in [0, 0.1) is 0 Å². The van der Waals surface area contributed by atoms with E-state index in [0.717, 1.165) is 42.8 Å². The van der Waals surface area contributed by atoms with Crippen LogP contribution in [0.3, 0.4) is 0 Å². The number of fused-ring (bicyclic) bond motifs is 1. The molecule has 2 aliphatic heterocycles. The molecule has 0 unspecified atom stereocenters. The van der Waals surface area contributed by atoms with Crippen molar-refractivity contribution in [3.63, 3.8) is 0 Å². The molecule has 0 saturated carbocycles. The highest BCUT2D eigenvalue weighted by Gasteiger charge is 2.29. The third-order valence-corrected chi connectivity index (χ3v) is 6.69. The summed E-state index contributed by atoms with van der Waals surface area (Å²) >= 11 is 0. The van der Waals surface area contributed by atoms with Crippen molar-refractivity contribution in [3.05, 3.63) is 52.8 Å². The summed E-state index contributed by atoms with van der Waals surface area (Å²) in [5, 5.41) is 4.55. The molecule has 1 aromatic heterocycles. The standard InChI is InChI=1S/C20H26N4O4S/c25-20(23-10-4-5-11-23)19-17-14-28-13-8-18(17)24(22-19)12-9-21-29(26,27)15-16-6-2-1-3-7-16/h1-3,6-7,21H,4-5,8-15H2. The van der Waals surface area contributed by atoms with Gasteiger partial charge in [-0.05, 0) is 18.4 Å². The molecule has 2 aliphatic rings. The topological polar surface area (TPSA) is 93.5 Å².